The molecule has 0 amide bonds. The lowest BCUT2D eigenvalue weighted by molar-refractivity contribution is 0.287. The smallest absolute Gasteiger partial charge is 0.512 e. The lowest BCUT2D eigenvalue weighted by Crippen LogP contribution is -2.21. The maximum Gasteiger partial charge on any atom is 0.707 e. The lowest BCUT2D eigenvalue weighted by Gasteiger charge is -2.10. The van der Waals surface area contributed by atoms with E-state index in [2.05, 4.69) is 4.65 Å². The first-order valence-corrected chi connectivity index (χ1v) is 3.81. The second-order valence-electron chi connectivity index (χ2n) is 2.74. The Morgan fingerprint density at radius 3 is 2.38 bits per heavy atom. The van der Waals surface area contributed by atoms with Crippen LogP contribution in [0.1, 0.15) is 11.1 Å². The second kappa shape index (κ2) is 3.76. The van der Waals surface area contributed by atoms with E-state index in [9.17, 15) is 4.39 Å². The van der Waals surface area contributed by atoms with Gasteiger partial charge in [0.05, 0.1) is 0 Å². The van der Waals surface area contributed by atoms with Gasteiger partial charge < -0.3 is 14.7 Å². The third kappa shape index (κ3) is 2.20. The van der Waals surface area contributed by atoms with E-state index in [1.54, 1.807) is 13.8 Å². The monoisotopic (exact) mass is 184 g/mol. The molecular weight excluding hydrogens is 174 g/mol. The van der Waals surface area contributed by atoms with Gasteiger partial charge in [-0.2, -0.15) is 0 Å². The summed E-state index contributed by atoms with van der Waals surface area (Å²) in [6.45, 7) is 3.25. The molecule has 0 spiro atoms. The molecular formula is C8H10BFO3. The van der Waals surface area contributed by atoms with Gasteiger partial charge in [0.2, 0.25) is 0 Å². The molecule has 0 fully saturated rings. The zero-order valence-corrected chi connectivity index (χ0v) is 7.41. The van der Waals surface area contributed by atoms with Crippen LogP contribution in [0, 0.1) is 19.7 Å². The molecule has 0 saturated carbocycles. The molecule has 3 nitrogen and oxygen atoms in total. The van der Waals surface area contributed by atoms with Crippen LogP contribution >= 0.6 is 0 Å². The van der Waals surface area contributed by atoms with Gasteiger partial charge >= 0.3 is 7.32 Å². The summed E-state index contributed by atoms with van der Waals surface area (Å²) in [6.07, 6.45) is 0. The van der Waals surface area contributed by atoms with Crippen LogP contribution in [-0.2, 0) is 0 Å². The first-order chi connectivity index (χ1) is 6.02. The van der Waals surface area contributed by atoms with E-state index >= 15 is 0 Å². The molecule has 1 rings (SSSR count). The van der Waals surface area contributed by atoms with Gasteiger partial charge in [0, 0.05) is 0 Å². The average molecular weight is 184 g/mol. The minimum atomic E-state index is -1.87. The van der Waals surface area contributed by atoms with Crippen LogP contribution in [0.15, 0.2) is 12.1 Å². The SMILES string of the molecule is Cc1c(F)ccc(OB(O)O)c1C. The fraction of sp³-hybridized carbons (Fsp3) is 0.250. The van der Waals surface area contributed by atoms with Crippen molar-refractivity contribution in [1.82, 2.24) is 0 Å². The predicted octanol–water partition coefficient (Wildman–Crippen LogP) is 0.791. The maximum atomic E-state index is 12.9. The molecule has 1 aromatic rings. The molecule has 13 heavy (non-hydrogen) atoms. The van der Waals surface area contributed by atoms with Crippen molar-refractivity contribution in [2.75, 3.05) is 0 Å². The van der Waals surface area contributed by atoms with Crippen LogP contribution in [0.2, 0.25) is 0 Å². The van der Waals surface area contributed by atoms with Crippen LogP contribution < -0.4 is 4.65 Å². The van der Waals surface area contributed by atoms with Gasteiger partial charge in [0.25, 0.3) is 0 Å². The van der Waals surface area contributed by atoms with Gasteiger partial charge in [-0.25, -0.2) is 4.39 Å². The van der Waals surface area contributed by atoms with Crippen molar-refractivity contribution in [3.63, 3.8) is 0 Å². The highest BCUT2D eigenvalue weighted by Gasteiger charge is 2.14. The minimum Gasteiger partial charge on any atom is -0.512 e. The van der Waals surface area contributed by atoms with Crippen molar-refractivity contribution in [2.24, 2.45) is 0 Å². The predicted molar refractivity (Wildman–Crippen MR) is 46.7 cm³/mol. The number of halogens is 1. The summed E-state index contributed by atoms with van der Waals surface area (Å²) in [5.74, 6) is -0.0637. The highest BCUT2D eigenvalue weighted by atomic mass is 19.1. The van der Waals surface area contributed by atoms with Crippen molar-refractivity contribution >= 4 is 7.32 Å². The minimum absolute atomic E-state index is 0.272. The molecule has 0 aromatic heterocycles. The zero-order chi connectivity index (χ0) is 10.0. The van der Waals surface area contributed by atoms with Gasteiger partial charge in [-0.05, 0) is 37.1 Å². The van der Waals surface area contributed by atoms with Gasteiger partial charge in [0.15, 0.2) is 0 Å². The molecule has 70 valence electrons. The van der Waals surface area contributed by atoms with Gasteiger partial charge in [0.1, 0.15) is 11.6 Å². The van der Waals surface area contributed by atoms with Gasteiger partial charge in [-0.1, -0.05) is 0 Å². The third-order valence-electron chi connectivity index (χ3n) is 1.90. The molecule has 1 aromatic carbocycles. The topological polar surface area (TPSA) is 49.7 Å². The summed E-state index contributed by atoms with van der Waals surface area (Å²) >= 11 is 0. The van der Waals surface area contributed by atoms with E-state index in [4.69, 9.17) is 10.0 Å². The van der Waals surface area contributed by atoms with E-state index in [1.165, 1.54) is 12.1 Å². The Kier molecular flexibility index (Phi) is 2.90. The number of hydrogen-bond donors (Lipinski definition) is 2. The van der Waals surface area contributed by atoms with Gasteiger partial charge in [-0.3, -0.25) is 0 Å². The van der Waals surface area contributed by atoms with Crippen LogP contribution in [0.4, 0.5) is 4.39 Å². The van der Waals surface area contributed by atoms with Crippen molar-refractivity contribution in [1.29, 1.82) is 0 Å². The van der Waals surface area contributed by atoms with Crippen molar-refractivity contribution < 1.29 is 19.1 Å². The quantitative estimate of drug-likeness (QED) is 0.668. The first kappa shape index (κ1) is 10.0. The Bertz CT molecular complexity index is 315. The van der Waals surface area contributed by atoms with Crippen LogP contribution in [0.25, 0.3) is 0 Å². The molecule has 0 heterocycles. The van der Waals surface area contributed by atoms with Crippen molar-refractivity contribution in [3.05, 3.63) is 29.1 Å². The molecule has 0 radical (unpaired) electrons. The van der Waals surface area contributed by atoms with Crippen LogP contribution in [-0.4, -0.2) is 17.4 Å². The van der Waals surface area contributed by atoms with E-state index in [-0.39, 0.29) is 11.6 Å². The summed E-state index contributed by atoms with van der Waals surface area (Å²) in [5.41, 5.74) is 1.01. The standard InChI is InChI=1S/C8H10BFO3/c1-5-6(2)8(13-9(11)12)4-3-7(5)10/h3-4,11-12H,1-2H3. The molecule has 0 unspecified atom stereocenters. The van der Waals surface area contributed by atoms with Crippen LogP contribution in [0.5, 0.6) is 5.75 Å². The zero-order valence-electron chi connectivity index (χ0n) is 7.41. The Balaban J connectivity index is 3.04. The highest BCUT2D eigenvalue weighted by Crippen LogP contribution is 2.23. The molecule has 0 aliphatic carbocycles. The number of benzene rings is 1. The Hall–Kier alpha value is -1.07. The van der Waals surface area contributed by atoms with Crippen LogP contribution in [0.3, 0.4) is 0 Å². The van der Waals surface area contributed by atoms with E-state index in [1.807, 2.05) is 0 Å². The normalized spacial score (nSPS) is 9.92. The Morgan fingerprint density at radius 1 is 1.23 bits per heavy atom. The summed E-state index contributed by atoms with van der Waals surface area (Å²) in [6, 6.07) is 2.58. The second-order valence-corrected chi connectivity index (χ2v) is 2.74. The van der Waals surface area contributed by atoms with E-state index < -0.39 is 7.32 Å². The highest BCUT2D eigenvalue weighted by molar-refractivity contribution is 6.33. The largest absolute Gasteiger partial charge is 0.707 e. The number of rotatable bonds is 2. The molecule has 0 atom stereocenters. The summed E-state index contributed by atoms with van der Waals surface area (Å²) in [5, 5.41) is 17.1. The molecule has 0 saturated heterocycles. The lowest BCUT2D eigenvalue weighted by atomic mass is 10.1. The Morgan fingerprint density at radius 2 is 1.85 bits per heavy atom. The van der Waals surface area contributed by atoms with Crippen molar-refractivity contribution in [3.8, 4) is 5.75 Å². The van der Waals surface area contributed by atoms with E-state index in [0.717, 1.165) is 0 Å². The van der Waals surface area contributed by atoms with Crippen molar-refractivity contribution in [2.45, 2.75) is 13.8 Å². The summed E-state index contributed by atoms with van der Waals surface area (Å²) in [7, 11) is -1.87. The first-order valence-electron chi connectivity index (χ1n) is 3.81. The Labute approximate surface area is 76.0 Å². The van der Waals surface area contributed by atoms with Gasteiger partial charge in [-0.15, -0.1) is 0 Å². The number of hydrogen-bond acceptors (Lipinski definition) is 3. The van der Waals surface area contributed by atoms with E-state index in [0.29, 0.717) is 11.1 Å². The molecule has 0 aliphatic rings. The summed E-state index contributed by atoms with van der Waals surface area (Å²) < 4.78 is 17.5. The average Bonchev–Trinajstić information content (AvgIpc) is 2.06. The third-order valence-corrected chi connectivity index (χ3v) is 1.90. The summed E-state index contributed by atoms with van der Waals surface area (Å²) in [4.78, 5) is 0. The molecule has 0 aliphatic heterocycles. The fourth-order valence-electron chi connectivity index (χ4n) is 1.00. The molecule has 0 bridgehead atoms. The molecule has 5 heteroatoms. The maximum absolute atomic E-state index is 12.9. The fourth-order valence-corrected chi connectivity index (χ4v) is 1.00. The molecule has 2 N–H and O–H groups in total.